The first-order valence-corrected chi connectivity index (χ1v) is 9.20. The molecule has 5 N–H and O–H groups in total. The Morgan fingerprint density at radius 2 is 1.38 bits per heavy atom. The molecule has 2 saturated heterocycles. The maximum Gasteiger partial charge on any atom is 0.397 e. The first kappa shape index (κ1) is 21.8. The molecular weight excluding hydrogens is 380 g/mol. The summed E-state index contributed by atoms with van der Waals surface area (Å²) in [5.74, 6) is 0. The van der Waals surface area contributed by atoms with E-state index in [9.17, 15) is 28.8 Å². The Balaban J connectivity index is 2.18. The van der Waals surface area contributed by atoms with Crippen LogP contribution in [0.5, 0.6) is 0 Å². The summed E-state index contributed by atoms with van der Waals surface area (Å²) in [6, 6.07) is 0. The van der Waals surface area contributed by atoms with E-state index >= 15 is 0 Å². The molecule has 2 aliphatic rings. The minimum atomic E-state index is -4.90. The third-order valence-corrected chi connectivity index (χ3v) is 4.78. The first-order valence-electron chi connectivity index (χ1n) is 7.83. The molecule has 0 aromatic carbocycles. The van der Waals surface area contributed by atoms with Crippen molar-refractivity contribution in [3.63, 3.8) is 0 Å². The van der Waals surface area contributed by atoms with Gasteiger partial charge in [-0.3, -0.25) is 4.55 Å². The number of methoxy groups -OCH3 is 1. The summed E-state index contributed by atoms with van der Waals surface area (Å²) in [6.07, 6.45) is -13.8. The fourth-order valence-electron chi connectivity index (χ4n) is 2.88. The molecule has 26 heavy (non-hydrogen) atoms. The quantitative estimate of drug-likeness (QED) is 0.296. The maximum atomic E-state index is 11.0. The molecule has 0 amide bonds. The first-order chi connectivity index (χ1) is 12.0. The van der Waals surface area contributed by atoms with Gasteiger partial charge >= 0.3 is 10.4 Å². The number of hydrogen-bond donors (Lipinski definition) is 5. The van der Waals surface area contributed by atoms with E-state index < -0.39 is 71.8 Å². The van der Waals surface area contributed by atoms with Gasteiger partial charge in [-0.05, 0) is 13.8 Å². The van der Waals surface area contributed by atoms with Gasteiger partial charge in [0.25, 0.3) is 0 Å². The van der Waals surface area contributed by atoms with E-state index in [2.05, 4.69) is 4.18 Å². The summed E-state index contributed by atoms with van der Waals surface area (Å²) in [5, 5.41) is 40.0. The minimum absolute atomic E-state index is 0.898. The van der Waals surface area contributed by atoms with Crippen LogP contribution in [-0.4, -0.2) is 102 Å². The maximum absolute atomic E-state index is 11.0. The summed E-state index contributed by atoms with van der Waals surface area (Å²) >= 11 is 0. The van der Waals surface area contributed by atoms with Crippen molar-refractivity contribution in [1.29, 1.82) is 0 Å². The van der Waals surface area contributed by atoms with Crippen LogP contribution in [0.1, 0.15) is 13.8 Å². The second-order valence-corrected chi connectivity index (χ2v) is 7.25. The molecule has 2 fully saturated rings. The van der Waals surface area contributed by atoms with Crippen molar-refractivity contribution in [1.82, 2.24) is 0 Å². The highest BCUT2D eigenvalue weighted by atomic mass is 32.3. The Labute approximate surface area is 150 Å². The topological polar surface area (TPSA) is 181 Å². The van der Waals surface area contributed by atoms with Gasteiger partial charge in [-0.25, -0.2) is 4.18 Å². The Morgan fingerprint density at radius 3 is 1.92 bits per heavy atom. The van der Waals surface area contributed by atoms with Crippen LogP contribution < -0.4 is 0 Å². The smallest absolute Gasteiger partial charge is 0.388 e. The molecule has 0 bridgehead atoms. The predicted molar refractivity (Wildman–Crippen MR) is 81.0 cm³/mol. The SMILES string of the molecule is COC1O[C@H](C)[C@H](OS(=O)(=O)O)[C@H](O)[C@H]1OC1O[C@H](C)[C@H](O)[C@H](O)[C@H]1O. The molecule has 0 saturated carbocycles. The number of aliphatic hydroxyl groups is 4. The number of rotatable bonds is 5. The van der Waals surface area contributed by atoms with Crippen LogP contribution in [0.25, 0.3) is 0 Å². The molecule has 0 aromatic heterocycles. The van der Waals surface area contributed by atoms with E-state index in [1.54, 1.807) is 0 Å². The van der Waals surface area contributed by atoms with Gasteiger partial charge in [0.1, 0.15) is 36.6 Å². The summed E-state index contributed by atoms with van der Waals surface area (Å²) in [5.41, 5.74) is 0. The highest BCUT2D eigenvalue weighted by Gasteiger charge is 2.51. The minimum Gasteiger partial charge on any atom is -0.388 e. The predicted octanol–water partition coefficient (Wildman–Crippen LogP) is -2.86. The van der Waals surface area contributed by atoms with E-state index in [4.69, 9.17) is 23.5 Å². The summed E-state index contributed by atoms with van der Waals surface area (Å²) in [7, 11) is -3.66. The molecule has 0 aromatic rings. The van der Waals surface area contributed by atoms with Crippen molar-refractivity contribution in [3.8, 4) is 0 Å². The third-order valence-electron chi connectivity index (χ3n) is 4.32. The average molecular weight is 404 g/mol. The van der Waals surface area contributed by atoms with Crippen LogP contribution in [-0.2, 0) is 33.5 Å². The molecule has 2 heterocycles. The lowest BCUT2D eigenvalue weighted by Gasteiger charge is -2.45. The standard InChI is InChI=1S/C13H24O12S/c1-4-6(14)7(15)8(16)12(22-4)24-11-9(17)10(25-26(18,19)20)5(2)23-13(11)21-3/h4-17H,1-3H3,(H,18,19,20)/t4-,5-,6+,7+,8-,9+,10+,11-,12?,13?/m1/s1. The fourth-order valence-corrected chi connectivity index (χ4v) is 3.43. The normalized spacial score (nSPS) is 47.7. The van der Waals surface area contributed by atoms with E-state index in [1.807, 2.05) is 0 Å². The lowest BCUT2D eigenvalue weighted by Crippen LogP contribution is -2.63. The Bertz CT molecular complexity index is 569. The Kier molecular flexibility index (Phi) is 6.96. The summed E-state index contributed by atoms with van der Waals surface area (Å²) in [4.78, 5) is 0. The van der Waals surface area contributed by atoms with Gasteiger partial charge in [-0.1, -0.05) is 0 Å². The van der Waals surface area contributed by atoms with E-state index in [0.29, 0.717) is 0 Å². The number of hydrogen-bond acceptors (Lipinski definition) is 11. The second kappa shape index (κ2) is 8.28. The molecule has 154 valence electrons. The molecule has 2 unspecified atom stereocenters. The summed E-state index contributed by atoms with van der Waals surface area (Å²) < 4.78 is 56.4. The Hall–Kier alpha value is -0.450. The van der Waals surface area contributed by atoms with E-state index in [1.165, 1.54) is 21.0 Å². The van der Waals surface area contributed by atoms with Crippen molar-refractivity contribution in [2.45, 2.75) is 75.3 Å². The van der Waals surface area contributed by atoms with E-state index in [-0.39, 0.29) is 0 Å². The lowest BCUT2D eigenvalue weighted by atomic mass is 9.98. The number of aliphatic hydroxyl groups excluding tert-OH is 4. The van der Waals surface area contributed by atoms with Gasteiger partial charge in [0, 0.05) is 7.11 Å². The fraction of sp³-hybridized carbons (Fsp3) is 1.00. The molecule has 0 aliphatic carbocycles. The third kappa shape index (κ3) is 4.69. The molecule has 0 radical (unpaired) electrons. The average Bonchev–Trinajstić information content (AvgIpc) is 2.55. The van der Waals surface area contributed by atoms with Crippen molar-refractivity contribution < 1.29 is 56.5 Å². The van der Waals surface area contributed by atoms with Crippen molar-refractivity contribution >= 4 is 10.4 Å². The van der Waals surface area contributed by atoms with Crippen LogP contribution >= 0.6 is 0 Å². The van der Waals surface area contributed by atoms with Crippen LogP contribution in [0, 0.1) is 0 Å². The zero-order valence-corrected chi connectivity index (χ0v) is 15.1. The molecule has 10 atom stereocenters. The molecule has 2 aliphatic heterocycles. The molecule has 2 rings (SSSR count). The zero-order valence-electron chi connectivity index (χ0n) is 14.3. The van der Waals surface area contributed by atoms with Crippen LogP contribution in [0.2, 0.25) is 0 Å². The van der Waals surface area contributed by atoms with Crippen LogP contribution in [0.3, 0.4) is 0 Å². The van der Waals surface area contributed by atoms with Crippen LogP contribution in [0.4, 0.5) is 0 Å². The van der Waals surface area contributed by atoms with Crippen molar-refractivity contribution in [2.24, 2.45) is 0 Å². The second-order valence-electron chi connectivity index (χ2n) is 6.21. The number of ether oxygens (including phenoxy) is 4. The van der Waals surface area contributed by atoms with E-state index in [0.717, 1.165) is 0 Å². The monoisotopic (exact) mass is 404 g/mol. The highest BCUT2D eigenvalue weighted by molar-refractivity contribution is 7.80. The molecule has 12 nitrogen and oxygen atoms in total. The summed E-state index contributed by atoms with van der Waals surface area (Å²) in [6.45, 7) is 2.82. The molecule has 13 heteroatoms. The van der Waals surface area contributed by atoms with Gasteiger partial charge in [0.05, 0.1) is 12.2 Å². The highest BCUT2D eigenvalue weighted by Crippen LogP contribution is 2.30. The van der Waals surface area contributed by atoms with Crippen molar-refractivity contribution in [3.05, 3.63) is 0 Å². The molecular formula is C13H24O12S. The van der Waals surface area contributed by atoms with Crippen molar-refractivity contribution in [2.75, 3.05) is 7.11 Å². The van der Waals surface area contributed by atoms with Crippen LogP contribution in [0.15, 0.2) is 0 Å². The van der Waals surface area contributed by atoms with Gasteiger partial charge in [-0.15, -0.1) is 0 Å². The van der Waals surface area contributed by atoms with Gasteiger partial charge in [0.15, 0.2) is 12.6 Å². The van der Waals surface area contributed by atoms with Gasteiger partial charge < -0.3 is 39.4 Å². The molecule has 0 spiro atoms. The largest absolute Gasteiger partial charge is 0.397 e. The Morgan fingerprint density at radius 1 is 0.808 bits per heavy atom. The van der Waals surface area contributed by atoms with Gasteiger partial charge in [0.2, 0.25) is 0 Å². The zero-order chi connectivity index (χ0) is 19.8. The van der Waals surface area contributed by atoms with Gasteiger partial charge in [-0.2, -0.15) is 8.42 Å². The lowest BCUT2D eigenvalue weighted by molar-refractivity contribution is -0.357.